The van der Waals surface area contributed by atoms with Gasteiger partial charge in [0.1, 0.15) is 0 Å². The first-order chi connectivity index (χ1) is 5.24. The van der Waals surface area contributed by atoms with Gasteiger partial charge in [0.25, 0.3) is 0 Å². The molecule has 3 nitrogen and oxygen atoms in total. The van der Waals surface area contributed by atoms with Gasteiger partial charge in [0.15, 0.2) is 0 Å². The minimum Gasteiger partial charge on any atom is -0.870 e. The highest BCUT2D eigenvalue weighted by atomic mass is 16.2. The fraction of sp³-hybridized carbons (Fsp3) is 1.00. The third-order valence-electron chi connectivity index (χ3n) is 2.68. The quantitative estimate of drug-likeness (QED) is 0.662. The van der Waals surface area contributed by atoms with Crippen molar-refractivity contribution in [2.75, 3.05) is 33.3 Å². The van der Waals surface area contributed by atoms with E-state index in [1.165, 1.54) is 30.7 Å². The lowest BCUT2D eigenvalue weighted by molar-refractivity contribution is -0.921. The molecule has 0 aliphatic rings. The number of hydrogen-bond acceptors (Lipinski definition) is 2. The summed E-state index contributed by atoms with van der Waals surface area (Å²) in [7, 11) is 1.00. The van der Waals surface area contributed by atoms with Crippen molar-refractivity contribution in [3.05, 3.63) is 0 Å². The molecule has 78 valence electrons. The molecule has 0 radical (unpaired) electrons. The van der Waals surface area contributed by atoms with Crippen LogP contribution in [-0.4, -0.2) is 48.4 Å². The van der Waals surface area contributed by atoms with Gasteiger partial charge < -0.3 is 15.1 Å². The molecule has 0 amide bonds. The Morgan fingerprint density at radius 1 is 0.750 bits per heavy atom. The Morgan fingerprint density at radius 3 is 0.917 bits per heavy atom. The largest absolute Gasteiger partial charge is 0.870 e. The monoisotopic (exact) mass is 179 g/mol. The summed E-state index contributed by atoms with van der Waals surface area (Å²) in [6.07, 6.45) is 0. The molecule has 0 unspecified atom stereocenters. The van der Waals surface area contributed by atoms with Crippen LogP contribution in [0.5, 0.6) is 0 Å². The second-order valence-electron chi connectivity index (χ2n) is 2.61. The smallest absolute Gasteiger partial charge is 0.0757 e. The van der Waals surface area contributed by atoms with Crippen molar-refractivity contribution in [1.82, 2.24) is 0 Å². The Morgan fingerprint density at radius 2 is 0.917 bits per heavy atom. The SMILES string of the molecule is CC[N+](CC)(CC)CC.CO.[OH-]. The van der Waals surface area contributed by atoms with Crippen LogP contribution in [0.15, 0.2) is 0 Å². The number of rotatable bonds is 4. The molecule has 0 aromatic rings. The highest BCUT2D eigenvalue weighted by Crippen LogP contribution is 2.03. The van der Waals surface area contributed by atoms with Gasteiger partial charge in [-0.05, 0) is 27.7 Å². The van der Waals surface area contributed by atoms with Crippen LogP contribution in [0.3, 0.4) is 0 Å². The first kappa shape index (κ1) is 17.8. The molecule has 3 heteroatoms. The summed E-state index contributed by atoms with van der Waals surface area (Å²) in [4.78, 5) is 0. The lowest BCUT2D eigenvalue weighted by Crippen LogP contribution is -2.47. The Bertz CT molecular complexity index is 55.4. The summed E-state index contributed by atoms with van der Waals surface area (Å²) >= 11 is 0. The molecule has 12 heavy (non-hydrogen) atoms. The van der Waals surface area contributed by atoms with Crippen molar-refractivity contribution in [2.24, 2.45) is 0 Å². The molecular formula is C9H25NO2. The molecular weight excluding hydrogens is 154 g/mol. The van der Waals surface area contributed by atoms with Crippen molar-refractivity contribution in [3.8, 4) is 0 Å². The minimum absolute atomic E-state index is 0. The van der Waals surface area contributed by atoms with Gasteiger partial charge in [0, 0.05) is 7.11 Å². The van der Waals surface area contributed by atoms with Gasteiger partial charge in [0.2, 0.25) is 0 Å². The highest BCUT2D eigenvalue weighted by Gasteiger charge is 2.16. The molecule has 0 aromatic carbocycles. The lowest BCUT2D eigenvalue weighted by Gasteiger charge is -2.34. The molecule has 0 saturated heterocycles. The highest BCUT2D eigenvalue weighted by molar-refractivity contribution is 4.31. The predicted octanol–water partition coefficient (Wildman–Crippen LogP) is 1.31. The fourth-order valence-corrected chi connectivity index (χ4v) is 1.34. The Kier molecular flexibility index (Phi) is 16.2. The molecule has 0 spiro atoms. The number of quaternary nitrogens is 1. The van der Waals surface area contributed by atoms with Crippen LogP contribution in [-0.2, 0) is 0 Å². The van der Waals surface area contributed by atoms with E-state index in [1.807, 2.05) is 0 Å². The van der Waals surface area contributed by atoms with E-state index in [2.05, 4.69) is 27.7 Å². The number of nitrogens with zero attached hydrogens (tertiary/aromatic N) is 1. The van der Waals surface area contributed by atoms with Crippen LogP contribution in [0.4, 0.5) is 0 Å². The van der Waals surface area contributed by atoms with Crippen molar-refractivity contribution in [1.29, 1.82) is 0 Å². The first-order valence-corrected chi connectivity index (χ1v) is 4.54. The van der Waals surface area contributed by atoms with Crippen LogP contribution < -0.4 is 0 Å². The zero-order chi connectivity index (χ0) is 9.33. The average molecular weight is 179 g/mol. The van der Waals surface area contributed by atoms with E-state index in [-0.39, 0.29) is 5.48 Å². The topological polar surface area (TPSA) is 50.2 Å². The van der Waals surface area contributed by atoms with Crippen LogP contribution >= 0.6 is 0 Å². The standard InChI is InChI=1S/C8H20N.CH4O.H2O/c1-5-9(6-2,7-3)8-4;1-2;/h5-8H2,1-4H3;2H,1H3;1H2/q+1;;/p-1. The van der Waals surface area contributed by atoms with Crippen LogP contribution in [0, 0.1) is 0 Å². The maximum Gasteiger partial charge on any atom is 0.0757 e. The fourth-order valence-electron chi connectivity index (χ4n) is 1.34. The lowest BCUT2D eigenvalue weighted by atomic mass is 10.3. The molecule has 0 aromatic heterocycles. The summed E-state index contributed by atoms with van der Waals surface area (Å²) < 4.78 is 1.28. The molecule has 0 saturated carbocycles. The number of hydrogen-bond donors (Lipinski definition) is 1. The number of aliphatic hydroxyl groups is 1. The van der Waals surface area contributed by atoms with Crippen molar-refractivity contribution in [2.45, 2.75) is 27.7 Å². The maximum absolute atomic E-state index is 7.00. The Hall–Kier alpha value is -0.120. The zero-order valence-corrected chi connectivity index (χ0v) is 9.17. The van der Waals surface area contributed by atoms with E-state index in [0.29, 0.717) is 0 Å². The van der Waals surface area contributed by atoms with Gasteiger partial charge in [0.05, 0.1) is 26.2 Å². The van der Waals surface area contributed by atoms with Crippen LogP contribution in [0.25, 0.3) is 0 Å². The van der Waals surface area contributed by atoms with Gasteiger partial charge >= 0.3 is 0 Å². The molecule has 0 bridgehead atoms. The van der Waals surface area contributed by atoms with Gasteiger partial charge in [-0.25, -0.2) is 0 Å². The molecule has 0 heterocycles. The number of aliphatic hydroxyl groups excluding tert-OH is 1. The van der Waals surface area contributed by atoms with Gasteiger partial charge in [-0.3, -0.25) is 0 Å². The van der Waals surface area contributed by atoms with Crippen molar-refractivity contribution < 1.29 is 15.1 Å². The van der Waals surface area contributed by atoms with E-state index in [9.17, 15) is 0 Å². The van der Waals surface area contributed by atoms with Crippen molar-refractivity contribution >= 4 is 0 Å². The molecule has 2 N–H and O–H groups in total. The second kappa shape index (κ2) is 10.9. The third kappa shape index (κ3) is 5.52. The van der Waals surface area contributed by atoms with E-state index in [0.717, 1.165) is 7.11 Å². The average Bonchev–Trinajstić information content (AvgIpc) is 2.13. The Balaban J connectivity index is -0.000000249. The van der Waals surface area contributed by atoms with Crippen LogP contribution in [0.2, 0.25) is 0 Å². The molecule has 0 aliphatic carbocycles. The van der Waals surface area contributed by atoms with Crippen molar-refractivity contribution in [3.63, 3.8) is 0 Å². The third-order valence-corrected chi connectivity index (χ3v) is 2.68. The van der Waals surface area contributed by atoms with Gasteiger partial charge in [-0.1, -0.05) is 0 Å². The summed E-state index contributed by atoms with van der Waals surface area (Å²) in [5.41, 5.74) is 0. The predicted molar refractivity (Wildman–Crippen MR) is 52.5 cm³/mol. The molecule has 0 atom stereocenters. The normalized spacial score (nSPS) is 9.50. The maximum atomic E-state index is 7.00. The van der Waals surface area contributed by atoms with E-state index in [4.69, 9.17) is 5.11 Å². The minimum atomic E-state index is 0. The summed E-state index contributed by atoms with van der Waals surface area (Å²) in [6.45, 7) is 14.2. The van der Waals surface area contributed by atoms with Gasteiger partial charge in [-0.2, -0.15) is 0 Å². The second-order valence-corrected chi connectivity index (χ2v) is 2.61. The zero-order valence-electron chi connectivity index (χ0n) is 9.17. The van der Waals surface area contributed by atoms with E-state index >= 15 is 0 Å². The molecule has 0 fully saturated rings. The van der Waals surface area contributed by atoms with E-state index in [1.54, 1.807) is 0 Å². The summed E-state index contributed by atoms with van der Waals surface area (Å²) in [5.74, 6) is 0. The first-order valence-electron chi connectivity index (χ1n) is 4.54. The molecule has 0 rings (SSSR count). The van der Waals surface area contributed by atoms with Crippen LogP contribution in [0.1, 0.15) is 27.7 Å². The molecule has 0 aliphatic heterocycles. The summed E-state index contributed by atoms with van der Waals surface area (Å²) in [5, 5.41) is 7.00. The summed E-state index contributed by atoms with van der Waals surface area (Å²) in [6, 6.07) is 0. The Labute approximate surface area is 76.9 Å². The van der Waals surface area contributed by atoms with Gasteiger partial charge in [-0.15, -0.1) is 0 Å². The van der Waals surface area contributed by atoms with E-state index < -0.39 is 0 Å².